The molecule has 0 amide bonds. The number of hydrogen-bond acceptors (Lipinski definition) is 5. The molecule has 0 aromatic heterocycles. The molecule has 1 unspecified atom stereocenters. The van der Waals surface area contributed by atoms with Crippen LogP contribution >= 0.6 is 0 Å². The van der Waals surface area contributed by atoms with Crippen molar-refractivity contribution >= 4 is 11.9 Å². The van der Waals surface area contributed by atoms with Gasteiger partial charge in [0.2, 0.25) is 0 Å². The lowest BCUT2D eigenvalue weighted by atomic mass is 10.0. The number of carbonyl (C=O) groups excluding carboxylic acids is 2. The van der Waals surface area contributed by atoms with Crippen LogP contribution in [0.15, 0.2) is 146 Å². The van der Waals surface area contributed by atoms with Crippen molar-refractivity contribution in [2.45, 2.75) is 315 Å². The summed E-state index contributed by atoms with van der Waals surface area (Å²) in [6.07, 6.45) is 107. The zero-order valence-corrected chi connectivity index (χ0v) is 53.5. The molecule has 1 N–H and O–H groups in total. The number of rotatable bonds is 62. The van der Waals surface area contributed by atoms with Gasteiger partial charge in [-0.05, 0) is 116 Å². The molecule has 0 heterocycles. The maximum Gasteiger partial charge on any atom is 0.306 e. The molecule has 0 aliphatic rings. The van der Waals surface area contributed by atoms with Gasteiger partial charge in [-0.1, -0.05) is 327 Å². The lowest BCUT2D eigenvalue weighted by molar-refractivity contribution is -0.161. The minimum absolute atomic E-state index is 0.0705. The van der Waals surface area contributed by atoms with Crippen molar-refractivity contribution in [2.75, 3.05) is 13.2 Å². The molecule has 5 nitrogen and oxygen atoms in total. The average Bonchev–Trinajstić information content (AvgIpc) is 3.49. The number of hydrogen-bond donors (Lipinski definition) is 1. The molecule has 0 radical (unpaired) electrons. The quantitative estimate of drug-likeness (QED) is 0.0373. The minimum Gasteiger partial charge on any atom is -0.462 e. The van der Waals surface area contributed by atoms with Crippen LogP contribution < -0.4 is 0 Å². The van der Waals surface area contributed by atoms with Crippen molar-refractivity contribution in [1.82, 2.24) is 0 Å². The van der Waals surface area contributed by atoms with E-state index in [1.165, 1.54) is 167 Å². The topological polar surface area (TPSA) is 72.8 Å². The highest BCUT2D eigenvalue weighted by molar-refractivity contribution is 5.70. The van der Waals surface area contributed by atoms with Crippen LogP contribution in [0.25, 0.3) is 0 Å². The van der Waals surface area contributed by atoms with E-state index in [0.717, 1.165) is 116 Å². The molecule has 0 fully saturated rings. The Balaban J connectivity index is 3.49. The van der Waals surface area contributed by atoms with Gasteiger partial charge in [0.05, 0.1) is 6.61 Å². The molecule has 0 spiro atoms. The predicted octanol–water partition coefficient (Wildman–Crippen LogP) is 24.1. The maximum absolute atomic E-state index is 12.4. The summed E-state index contributed by atoms with van der Waals surface area (Å²) in [5, 5.41) is 9.71. The largest absolute Gasteiger partial charge is 0.462 e. The van der Waals surface area contributed by atoms with Crippen LogP contribution in [0.1, 0.15) is 309 Å². The third-order valence-corrected chi connectivity index (χ3v) is 14.6. The van der Waals surface area contributed by atoms with E-state index >= 15 is 0 Å². The third kappa shape index (κ3) is 68.3. The van der Waals surface area contributed by atoms with E-state index in [1.807, 2.05) is 0 Å². The van der Waals surface area contributed by atoms with Gasteiger partial charge in [-0.15, -0.1) is 0 Å². The number of unbranched alkanes of at least 4 members (excludes halogenated alkanes) is 30. The number of aliphatic hydroxyl groups is 1. The van der Waals surface area contributed by atoms with Gasteiger partial charge in [0.15, 0.2) is 6.10 Å². The van der Waals surface area contributed by atoms with Gasteiger partial charge in [0.1, 0.15) is 6.61 Å². The number of ether oxygens (including phenoxy) is 2. The highest BCUT2D eigenvalue weighted by Gasteiger charge is 2.16. The number of esters is 2. The van der Waals surface area contributed by atoms with E-state index in [9.17, 15) is 14.7 Å². The van der Waals surface area contributed by atoms with Crippen molar-refractivity contribution in [1.29, 1.82) is 0 Å². The zero-order valence-electron chi connectivity index (χ0n) is 53.5. The first kappa shape index (κ1) is 77.8. The standard InChI is InChI=1S/C77H128O5/c1-3-5-7-9-11-13-15-17-19-21-23-25-27-29-31-33-35-37-38-40-42-44-46-48-50-52-54-56-58-60-62-64-66-68-70-72-77(80)82-75(73-78)74-81-76(79)71-69-67-65-63-61-59-57-55-53-51-49-47-45-43-41-39-36-34-32-30-28-26-24-22-20-18-16-14-12-10-8-6-4-2/h5-8,11-14,17-20,23-26,29-32,35-37,39,75,78H,3-4,9-10,15-16,21-22,27-28,33-34,38,40-74H2,1-2H3/b7-5-,8-6-,13-11-,14-12-,19-17-,20-18-,25-23-,26-24-,31-29-,32-30-,37-35-,39-36-. The SMILES string of the molecule is CC/C=C\C/C=C\C/C=C\C/C=C\C/C=C\C/C=C\CCCCCCCCCCCCCCCCCCC(=O)OC(CO)COC(=O)CCCCCCCCCCCCCCCC/C=C\C/C=C\C/C=C\C/C=C\C/C=C\C/C=C\CC. The summed E-state index contributed by atoms with van der Waals surface area (Å²) in [6.45, 7) is 3.93. The molecule has 0 aliphatic heterocycles. The third-order valence-electron chi connectivity index (χ3n) is 14.6. The Labute approximate surface area is 508 Å². The Bertz CT molecular complexity index is 1710. The Morgan fingerprint density at radius 1 is 0.280 bits per heavy atom. The Hall–Kier alpha value is -4.22. The molecular weight excluding hydrogens is 1000 g/mol. The fourth-order valence-corrected chi connectivity index (χ4v) is 9.57. The van der Waals surface area contributed by atoms with Crippen LogP contribution in [0.3, 0.4) is 0 Å². The van der Waals surface area contributed by atoms with Gasteiger partial charge in [0, 0.05) is 12.8 Å². The molecule has 0 aromatic rings. The fraction of sp³-hybridized carbons (Fsp3) is 0.662. The van der Waals surface area contributed by atoms with Crippen LogP contribution in [0.2, 0.25) is 0 Å². The van der Waals surface area contributed by atoms with Gasteiger partial charge in [0.25, 0.3) is 0 Å². The molecule has 0 aromatic carbocycles. The number of aliphatic hydroxyl groups excluding tert-OH is 1. The predicted molar refractivity (Wildman–Crippen MR) is 361 cm³/mol. The molecule has 466 valence electrons. The lowest BCUT2D eigenvalue weighted by Gasteiger charge is -2.15. The van der Waals surface area contributed by atoms with Crippen LogP contribution in [0.5, 0.6) is 0 Å². The highest BCUT2D eigenvalue weighted by Crippen LogP contribution is 2.17. The summed E-state index contributed by atoms with van der Waals surface area (Å²) in [4.78, 5) is 24.7. The maximum atomic E-state index is 12.4. The van der Waals surface area contributed by atoms with Gasteiger partial charge in [-0.3, -0.25) is 9.59 Å². The second-order valence-electron chi connectivity index (χ2n) is 22.5. The first-order chi connectivity index (χ1) is 40.6. The van der Waals surface area contributed by atoms with E-state index in [4.69, 9.17) is 9.47 Å². The summed E-state index contributed by atoms with van der Waals surface area (Å²) in [5.41, 5.74) is 0. The summed E-state index contributed by atoms with van der Waals surface area (Å²) in [5.74, 6) is -0.587. The zero-order chi connectivity index (χ0) is 59.1. The second-order valence-corrected chi connectivity index (χ2v) is 22.5. The number of allylic oxidation sites excluding steroid dienone is 24. The molecule has 0 rings (SSSR count). The van der Waals surface area contributed by atoms with E-state index < -0.39 is 6.10 Å². The van der Waals surface area contributed by atoms with Gasteiger partial charge >= 0.3 is 11.9 Å². The molecule has 0 saturated carbocycles. The Morgan fingerprint density at radius 3 is 0.732 bits per heavy atom. The van der Waals surface area contributed by atoms with Crippen molar-refractivity contribution in [2.24, 2.45) is 0 Å². The second kappa shape index (κ2) is 71.0. The summed E-state index contributed by atoms with van der Waals surface area (Å²) < 4.78 is 10.8. The normalized spacial score (nSPS) is 13.2. The number of carbonyl (C=O) groups is 2. The molecule has 0 saturated heterocycles. The minimum atomic E-state index is -0.781. The van der Waals surface area contributed by atoms with Crippen LogP contribution in [0, 0.1) is 0 Å². The van der Waals surface area contributed by atoms with Gasteiger partial charge < -0.3 is 14.6 Å². The average molecular weight is 1130 g/mol. The Kier molecular flexibility index (Phi) is 67.4. The van der Waals surface area contributed by atoms with Crippen LogP contribution in [-0.4, -0.2) is 36.4 Å². The molecule has 0 bridgehead atoms. The van der Waals surface area contributed by atoms with Gasteiger partial charge in [-0.2, -0.15) is 0 Å². The van der Waals surface area contributed by atoms with Crippen LogP contribution in [-0.2, 0) is 19.1 Å². The van der Waals surface area contributed by atoms with Crippen molar-refractivity contribution in [3.63, 3.8) is 0 Å². The first-order valence-electron chi connectivity index (χ1n) is 34.4. The molecular formula is C77H128O5. The molecule has 5 heteroatoms. The fourth-order valence-electron chi connectivity index (χ4n) is 9.57. The molecule has 1 atom stereocenters. The van der Waals surface area contributed by atoms with E-state index in [-0.39, 0.29) is 25.2 Å². The summed E-state index contributed by atoms with van der Waals surface area (Å²) >= 11 is 0. The molecule has 82 heavy (non-hydrogen) atoms. The molecule has 0 aliphatic carbocycles. The monoisotopic (exact) mass is 1130 g/mol. The van der Waals surface area contributed by atoms with E-state index in [1.54, 1.807) is 0 Å². The van der Waals surface area contributed by atoms with Crippen molar-refractivity contribution < 1.29 is 24.2 Å². The Morgan fingerprint density at radius 2 is 0.488 bits per heavy atom. The summed E-state index contributed by atoms with van der Waals surface area (Å²) in [7, 11) is 0. The van der Waals surface area contributed by atoms with E-state index in [0.29, 0.717) is 12.8 Å². The van der Waals surface area contributed by atoms with E-state index in [2.05, 4.69) is 160 Å². The van der Waals surface area contributed by atoms with Gasteiger partial charge in [-0.25, -0.2) is 0 Å². The lowest BCUT2D eigenvalue weighted by Crippen LogP contribution is -2.28. The highest BCUT2D eigenvalue weighted by atomic mass is 16.6. The summed E-state index contributed by atoms with van der Waals surface area (Å²) in [6, 6.07) is 0. The first-order valence-corrected chi connectivity index (χ1v) is 34.4. The van der Waals surface area contributed by atoms with Crippen LogP contribution in [0.4, 0.5) is 0 Å². The smallest absolute Gasteiger partial charge is 0.306 e. The van der Waals surface area contributed by atoms with Crippen molar-refractivity contribution in [3.05, 3.63) is 146 Å². The van der Waals surface area contributed by atoms with Crippen molar-refractivity contribution in [3.8, 4) is 0 Å².